The molecule has 1 aromatic heterocycles. The average molecular weight is 465 g/mol. The van der Waals surface area contributed by atoms with Gasteiger partial charge in [-0.25, -0.2) is 12.8 Å². The maximum Gasteiger partial charge on any atom is 0.246 e. The summed E-state index contributed by atoms with van der Waals surface area (Å²) in [4.78, 5) is 15.2. The molecule has 4 rings (SSSR count). The van der Waals surface area contributed by atoms with Gasteiger partial charge in [-0.2, -0.15) is 0 Å². The van der Waals surface area contributed by atoms with Crippen LogP contribution in [0.3, 0.4) is 0 Å². The zero-order valence-electron chi connectivity index (χ0n) is 18.3. The summed E-state index contributed by atoms with van der Waals surface area (Å²) in [5.41, 5.74) is 1.46. The minimum Gasteiger partial charge on any atom is -0.337 e. The van der Waals surface area contributed by atoms with Crippen molar-refractivity contribution >= 4 is 32.3 Å². The Morgan fingerprint density at radius 3 is 2.30 bits per heavy atom. The maximum absolute atomic E-state index is 13.3. The van der Waals surface area contributed by atoms with Crippen LogP contribution >= 0.6 is 0 Å². The second-order valence-corrected chi connectivity index (χ2v) is 9.75. The Bertz CT molecular complexity index is 1360. The first kappa shape index (κ1) is 22.7. The van der Waals surface area contributed by atoms with Gasteiger partial charge in [0.1, 0.15) is 12.4 Å². The quantitative estimate of drug-likeness (QED) is 0.326. The highest BCUT2D eigenvalue weighted by Crippen LogP contribution is 2.30. The molecule has 0 aliphatic carbocycles. The van der Waals surface area contributed by atoms with Crippen LogP contribution in [0.2, 0.25) is 0 Å². The topological polar surface area (TPSA) is 59.4 Å². The molecule has 0 aliphatic heterocycles. The van der Waals surface area contributed by atoms with Crippen molar-refractivity contribution < 1.29 is 17.6 Å². The second kappa shape index (κ2) is 9.58. The third-order valence-electron chi connectivity index (χ3n) is 5.58. The third kappa shape index (κ3) is 4.68. The molecule has 0 atom stereocenters. The fraction of sp³-hybridized carbons (Fsp3) is 0.192. The number of aromatic nitrogens is 1. The van der Waals surface area contributed by atoms with Gasteiger partial charge in [0.25, 0.3) is 0 Å². The number of para-hydroxylation sites is 2. The zero-order valence-corrected chi connectivity index (χ0v) is 19.1. The summed E-state index contributed by atoms with van der Waals surface area (Å²) in [7, 11) is -3.90. The van der Waals surface area contributed by atoms with Crippen LogP contribution in [0.1, 0.15) is 19.8 Å². The Labute approximate surface area is 193 Å². The van der Waals surface area contributed by atoms with Gasteiger partial charge < -0.3 is 9.47 Å². The molecule has 1 heterocycles. The van der Waals surface area contributed by atoms with E-state index in [4.69, 9.17) is 0 Å². The summed E-state index contributed by atoms with van der Waals surface area (Å²) >= 11 is 0. The fourth-order valence-electron chi connectivity index (χ4n) is 3.85. The van der Waals surface area contributed by atoms with Crippen LogP contribution in [-0.2, 0) is 21.2 Å². The van der Waals surface area contributed by atoms with Crippen molar-refractivity contribution in [1.29, 1.82) is 0 Å². The first-order valence-electron chi connectivity index (χ1n) is 10.9. The van der Waals surface area contributed by atoms with Crippen LogP contribution in [0.4, 0.5) is 10.1 Å². The number of benzene rings is 3. The van der Waals surface area contributed by atoms with E-state index >= 15 is 0 Å². The van der Waals surface area contributed by atoms with Gasteiger partial charge in [0.2, 0.25) is 15.7 Å². The van der Waals surface area contributed by atoms with Crippen molar-refractivity contribution in [3.8, 4) is 0 Å². The third-order valence-corrected chi connectivity index (χ3v) is 7.37. The van der Waals surface area contributed by atoms with Gasteiger partial charge in [-0.05, 0) is 48.9 Å². The van der Waals surface area contributed by atoms with E-state index in [2.05, 4.69) is 6.92 Å². The van der Waals surface area contributed by atoms with E-state index in [-0.39, 0.29) is 22.2 Å². The molecular formula is C26H25FN2O3S. The van der Waals surface area contributed by atoms with Crippen molar-refractivity contribution in [2.24, 2.45) is 0 Å². The smallest absolute Gasteiger partial charge is 0.246 e. The van der Waals surface area contributed by atoms with Crippen LogP contribution < -0.4 is 4.90 Å². The van der Waals surface area contributed by atoms with Gasteiger partial charge in [-0.3, -0.25) is 4.79 Å². The summed E-state index contributed by atoms with van der Waals surface area (Å²) in [6.07, 6.45) is 3.31. The standard InChI is InChI=1S/C26H25FN2O3S/c1-2-3-17-29(21-9-5-4-6-10-21)26(30)19-28-18-25(23-11-7-8-12-24(23)28)33(31,32)22-15-13-20(27)14-16-22/h4-16,18H,2-3,17,19H2,1H3. The summed E-state index contributed by atoms with van der Waals surface area (Å²) in [6.45, 7) is 2.65. The second-order valence-electron chi connectivity index (χ2n) is 7.83. The summed E-state index contributed by atoms with van der Waals surface area (Å²) in [5, 5.41) is 0.523. The number of amides is 1. The van der Waals surface area contributed by atoms with E-state index in [0.29, 0.717) is 17.4 Å². The van der Waals surface area contributed by atoms with Crippen molar-refractivity contribution in [3.05, 3.63) is 90.9 Å². The Kier molecular flexibility index (Phi) is 6.60. The minimum atomic E-state index is -3.90. The van der Waals surface area contributed by atoms with E-state index in [0.717, 1.165) is 30.7 Å². The molecule has 0 unspecified atom stereocenters. The number of nitrogens with zero attached hydrogens (tertiary/aromatic N) is 2. The van der Waals surface area contributed by atoms with Crippen LogP contribution in [0.15, 0.2) is 94.9 Å². The minimum absolute atomic E-state index is 0.00192. The molecular weight excluding hydrogens is 439 g/mol. The van der Waals surface area contributed by atoms with E-state index in [9.17, 15) is 17.6 Å². The predicted molar refractivity (Wildman–Crippen MR) is 127 cm³/mol. The lowest BCUT2D eigenvalue weighted by molar-refractivity contribution is -0.119. The highest BCUT2D eigenvalue weighted by molar-refractivity contribution is 7.91. The number of sulfone groups is 1. The summed E-state index contributed by atoms with van der Waals surface area (Å²) in [5.74, 6) is -0.629. The first-order valence-corrected chi connectivity index (χ1v) is 12.3. The van der Waals surface area contributed by atoms with Crippen LogP contribution in [0, 0.1) is 5.82 Å². The largest absolute Gasteiger partial charge is 0.337 e. The maximum atomic E-state index is 13.3. The molecule has 7 heteroatoms. The number of carbonyl (C=O) groups is 1. The fourth-order valence-corrected chi connectivity index (χ4v) is 5.33. The molecule has 0 radical (unpaired) electrons. The summed E-state index contributed by atoms with van der Waals surface area (Å²) < 4.78 is 41.7. The van der Waals surface area contributed by atoms with Gasteiger partial charge in [-0.1, -0.05) is 49.7 Å². The number of rotatable bonds is 8. The van der Waals surface area contributed by atoms with Crippen LogP contribution in [0.5, 0.6) is 0 Å². The Balaban J connectivity index is 1.73. The molecule has 0 fully saturated rings. The highest BCUT2D eigenvalue weighted by Gasteiger charge is 2.25. The molecule has 170 valence electrons. The predicted octanol–water partition coefficient (Wildman–Crippen LogP) is 5.45. The number of anilines is 1. The van der Waals surface area contributed by atoms with Crippen molar-refractivity contribution in [2.45, 2.75) is 36.1 Å². The van der Waals surface area contributed by atoms with E-state index < -0.39 is 15.7 Å². The molecule has 4 aromatic rings. The number of hydrogen-bond acceptors (Lipinski definition) is 3. The average Bonchev–Trinajstić information content (AvgIpc) is 3.19. The molecule has 0 N–H and O–H groups in total. The molecule has 0 saturated carbocycles. The van der Waals surface area contributed by atoms with Crippen LogP contribution in [-0.4, -0.2) is 25.4 Å². The van der Waals surface area contributed by atoms with Crippen molar-refractivity contribution in [1.82, 2.24) is 4.57 Å². The number of hydrogen-bond donors (Lipinski definition) is 0. The monoisotopic (exact) mass is 464 g/mol. The molecule has 0 saturated heterocycles. The number of carbonyl (C=O) groups excluding carboxylic acids is 1. The lowest BCUT2D eigenvalue weighted by Crippen LogP contribution is -2.34. The Hall–Kier alpha value is -3.45. The Morgan fingerprint density at radius 2 is 1.61 bits per heavy atom. The van der Waals surface area contributed by atoms with Gasteiger partial charge in [-0.15, -0.1) is 0 Å². The summed E-state index contributed by atoms with van der Waals surface area (Å²) in [6, 6.07) is 21.3. The van der Waals surface area contributed by atoms with E-state index in [1.54, 1.807) is 27.7 Å². The van der Waals surface area contributed by atoms with Gasteiger partial charge >= 0.3 is 0 Å². The SMILES string of the molecule is CCCCN(C(=O)Cn1cc(S(=O)(=O)c2ccc(F)cc2)c2ccccc21)c1ccccc1. The van der Waals surface area contributed by atoms with Gasteiger partial charge in [0.15, 0.2) is 0 Å². The lowest BCUT2D eigenvalue weighted by atomic mass is 10.2. The molecule has 0 spiro atoms. The molecule has 5 nitrogen and oxygen atoms in total. The van der Waals surface area contributed by atoms with Gasteiger partial charge in [0.05, 0.1) is 9.79 Å². The molecule has 3 aromatic carbocycles. The van der Waals surface area contributed by atoms with Gasteiger partial charge in [0, 0.05) is 29.3 Å². The van der Waals surface area contributed by atoms with Crippen LogP contribution in [0.25, 0.3) is 10.9 Å². The first-order chi connectivity index (χ1) is 15.9. The number of halogens is 1. The van der Waals surface area contributed by atoms with E-state index in [1.165, 1.54) is 18.3 Å². The molecule has 1 amide bonds. The normalized spacial score (nSPS) is 11.6. The molecule has 0 aliphatic rings. The van der Waals surface area contributed by atoms with E-state index in [1.807, 2.05) is 36.4 Å². The lowest BCUT2D eigenvalue weighted by Gasteiger charge is -2.23. The van der Waals surface area contributed by atoms with Crippen molar-refractivity contribution in [2.75, 3.05) is 11.4 Å². The molecule has 0 bridgehead atoms. The number of fused-ring (bicyclic) bond motifs is 1. The zero-order chi connectivity index (χ0) is 23.4. The number of unbranched alkanes of at least 4 members (excludes halogenated alkanes) is 1. The van der Waals surface area contributed by atoms with Crippen molar-refractivity contribution in [3.63, 3.8) is 0 Å². The molecule has 33 heavy (non-hydrogen) atoms. The Morgan fingerprint density at radius 1 is 0.939 bits per heavy atom. The highest BCUT2D eigenvalue weighted by atomic mass is 32.2.